The van der Waals surface area contributed by atoms with Crippen molar-refractivity contribution in [3.05, 3.63) is 52.0 Å². The third-order valence-corrected chi connectivity index (χ3v) is 4.06. The van der Waals surface area contributed by atoms with Gasteiger partial charge in [0.1, 0.15) is 23.9 Å². The SMILES string of the molecule is CCOc1cccc(OC(=O)OC)c1COc1cc(Cl)c(C)cc1C(F)F. The molecule has 5 nitrogen and oxygen atoms in total. The van der Waals surface area contributed by atoms with Gasteiger partial charge in [-0.3, -0.25) is 0 Å². The molecule has 8 heteroatoms. The smallest absolute Gasteiger partial charge is 0.493 e. The van der Waals surface area contributed by atoms with Crippen LogP contribution in [0.3, 0.4) is 0 Å². The fourth-order valence-corrected chi connectivity index (χ4v) is 2.49. The maximum absolute atomic E-state index is 13.3. The quantitative estimate of drug-likeness (QED) is 0.440. The van der Waals surface area contributed by atoms with E-state index in [-0.39, 0.29) is 23.7 Å². The van der Waals surface area contributed by atoms with E-state index in [1.807, 2.05) is 0 Å². The van der Waals surface area contributed by atoms with Crippen LogP contribution in [0.2, 0.25) is 5.02 Å². The van der Waals surface area contributed by atoms with Crippen LogP contribution >= 0.6 is 11.6 Å². The fraction of sp³-hybridized carbons (Fsp3) is 0.316. The minimum Gasteiger partial charge on any atom is -0.493 e. The van der Waals surface area contributed by atoms with Gasteiger partial charge in [0.15, 0.2) is 0 Å². The van der Waals surface area contributed by atoms with Crippen LogP contribution in [-0.2, 0) is 11.3 Å². The molecule has 2 aromatic rings. The summed E-state index contributed by atoms with van der Waals surface area (Å²) in [5.74, 6) is 0.483. The number of methoxy groups -OCH3 is 1. The Bertz CT molecular complexity index is 811. The normalized spacial score (nSPS) is 10.6. The summed E-state index contributed by atoms with van der Waals surface area (Å²) in [4.78, 5) is 11.5. The molecule has 0 fully saturated rings. The largest absolute Gasteiger partial charge is 0.513 e. The zero-order valence-electron chi connectivity index (χ0n) is 15.1. The molecule has 0 saturated heterocycles. The van der Waals surface area contributed by atoms with E-state index >= 15 is 0 Å². The number of alkyl halides is 2. The van der Waals surface area contributed by atoms with E-state index in [1.54, 1.807) is 26.0 Å². The molecule has 0 atom stereocenters. The number of ether oxygens (including phenoxy) is 4. The van der Waals surface area contributed by atoms with Crippen molar-refractivity contribution in [2.45, 2.75) is 26.9 Å². The molecule has 2 aromatic carbocycles. The molecule has 0 unspecified atom stereocenters. The van der Waals surface area contributed by atoms with Crippen molar-refractivity contribution in [3.8, 4) is 17.2 Å². The highest BCUT2D eigenvalue weighted by Crippen LogP contribution is 2.36. The summed E-state index contributed by atoms with van der Waals surface area (Å²) in [5, 5.41) is 0.304. The Kier molecular flexibility index (Phi) is 7.24. The maximum Gasteiger partial charge on any atom is 0.513 e. The number of hydrogen-bond acceptors (Lipinski definition) is 5. The lowest BCUT2D eigenvalue weighted by molar-refractivity contribution is 0.120. The van der Waals surface area contributed by atoms with Gasteiger partial charge >= 0.3 is 6.16 Å². The molecule has 0 aliphatic rings. The van der Waals surface area contributed by atoms with E-state index in [1.165, 1.54) is 25.3 Å². The van der Waals surface area contributed by atoms with E-state index < -0.39 is 12.6 Å². The van der Waals surface area contributed by atoms with Gasteiger partial charge in [-0.25, -0.2) is 13.6 Å². The molecule has 0 heterocycles. The van der Waals surface area contributed by atoms with Crippen LogP contribution in [0.5, 0.6) is 17.2 Å². The van der Waals surface area contributed by atoms with E-state index in [9.17, 15) is 13.6 Å². The van der Waals surface area contributed by atoms with Crippen molar-refractivity contribution in [1.82, 2.24) is 0 Å². The highest BCUT2D eigenvalue weighted by Gasteiger charge is 2.19. The van der Waals surface area contributed by atoms with E-state index in [0.29, 0.717) is 28.5 Å². The molecular formula is C19H19ClF2O5. The summed E-state index contributed by atoms with van der Waals surface area (Å²) >= 11 is 6.04. The Labute approximate surface area is 160 Å². The second kappa shape index (κ2) is 9.41. The third-order valence-electron chi connectivity index (χ3n) is 3.65. The number of rotatable bonds is 7. The Balaban J connectivity index is 2.36. The number of carbonyl (C=O) groups excluding carboxylic acids is 1. The summed E-state index contributed by atoms with van der Waals surface area (Å²) < 4.78 is 47.3. The predicted octanol–water partition coefficient (Wildman–Crippen LogP) is 5.71. The van der Waals surface area contributed by atoms with Crippen LogP contribution in [0.1, 0.15) is 30.0 Å². The Morgan fingerprint density at radius 3 is 2.48 bits per heavy atom. The molecule has 2 rings (SSSR count). The van der Waals surface area contributed by atoms with Crippen LogP contribution in [0.25, 0.3) is 0 Å². The molecule has 0 saturated carbocycles. The lowest BCUT2D eigenvalue weighted by Gasteiger charge is -2.17. The molecule has 0 aliphatic carbocycles. The highest BCUT2D eigenvalue weighted by molar-refractivity contribution is 6.31. The van der Waals surface area contributed by atoms with E-state index in [2.05, 4.69) is 4.74 Å². The number of hydrogen-bond donors (Lipinski definition) is 0. The number of carbonyl (C=O) groups is 1. The summed E-state index contributed by atoms with van der Waals surface area (Å²) in [7, 11) is 1.17. The van der Waals surface area contributed by atoms with Crippen molar-refractivity contribution in [2.75, 3.05) is 13.7 Å². The lowest BCUT2D eigenvalue weighted by atomic mass is 10.1. The minimum atomic E-state index is -2.73. The van der Waals surface area contributed by atoms with Gasteiger partial charge in [-0.15, -0.1) is 0 Å². The standard InChI is InChI=1S/C19H19ClF2O5/c1-4-25-15-6-5-7-16(27-19(23)24-3)13(15)10-26-17-9-14(20)11(2)8-12(17)18(21)22/h5-9,18H,4,10H2,1-3H3. The van der Waals surface area contributed by atoms with Gasteiger partial charge in [-0.2, -0.15) is 0 Å². The monoisotopic (exact) mass is 400 g/mol. The van der Waals surface area contributed by atoms with Crippen molar-refractivity contribution < 1.29 is 32.5 Å². The second-order valence-corrected chi connectivity index (χ2v) is 5.86. The average molecular weight is 401 g/mol. The van der Waals surface area contributed by atoms with E-state index in [0.717, 1.165) is 0 Å². The van der Waals surface area contributed by atoms with Gasteiger partial charge < -0.3 is 18.9 Å². The van der Waals surface area contributed by atoms with Crippen LogP contribution in [0.4, 0.5) is 13.6 Å². The lowest BCUT2D eigenvalue weighted by Crippen LogP contribution is -2.11. The van der Waals surface area contributed by atoms with Crippen molar-refractivity contribution in [3.63, 3.8) is 0 Å². The minimum absolute atomic E-state index is 0.0593. The molecule has 0 aliphatic heterocycles. The summed E-state index contributed by atoms with van der Waals surface area (Å²) in [6.45, 7) is 3.59. The second-order valence-electron chi connectivity index (χ2n) is 5.45. The molecule has 0 amide bonds. The Morgan fingerprint density at radius 1 is 1.15 bits per heavy atom. The molecule has 146 valence electrons. The summed E-state index contributed by atoms with van der Waals surface area (Å²) in [6.07, 6.45) is -3.65. The van der Waals surface area contributed by atoms with Gasteiger partial charge in [0.25, 0.3) is 6.43 Å². The van der Waals surface area contributed by atoms with E-state index in [4.69, 9.17) is 25.8 Å². The maximum atomic E-state index is 13.3. The summed E-state index contributed by atoms with van der Waals surface area (Å²) in [5.41, 5.74) is 0.617. The Morgan fingerprint density at radius 2 is 1.85 bits per heavy atom. The molecule has 27 heavy (non-hydrogen) atoms. The number of benzene rings is 2. The number of aryl methyl sites for hydroxylation is 1. The van der Waals surface area contributed by atoms with Gasteiger partial charge in [0, 0.05) is 5.02 Å². The topological polar surface area (TPSA) is 54.0 Å². The molecular weight excluding hydrogens is 382 g/mol. The molecule has 0 aromatic heterocycles. The van der Waals surface area contributed by atoms with Gasteiger partial charge in [0.2, 0.25) is 0 Å². The fourth-order valence-electron chi connectivity index (χ4n) is 2.34. The van der Waals surface area contributed by atoms with Crippen LogP contribution in [0.15, 0.2) is 30.3 Å². The van der Waals surface area contributed by atoms with Crippen LogP contribution in [0, 0.1) is 6.92 Å². The van der Waals surface area contributed by atoms with Gasteiger partial charge in [-0.1, -0.05) is 17.7 Å². The van der Waals surface area contributed by atoms with Crippen molar-refractivity contribution >= 4 is 17.8 Å². The highest BCUT2D eigenvalue weighted by atomic mass is 35.5. The first-order valence-corrected chi connectivity index (χ1v) is 8.46. The van der Waals surface area contributed by atoms with Crippen LogP contribution < -0.4 is 14.2 Å². The van der Waals surface area contributed by atoms with Crippen molar-refractivity contribution in [1.29, 1.82) is 0 Å². The van der Waals surface area contributed by atoms with Gasteiger partial charge in [-0.05, 0) is 43.7 Å². The molecule has 0 radical (unpaired) electrons. The first-order valence-electron chi connectivity index (χ1n) is 8.08. The Hall–Kier alpha value is -2.54. The first-order chi connectivity index (χ1) is 12.9. The number of halogens is 3. The third kappa shape index (κ3) is 5.23. The van der Waals surface area contributed by atoms with Crippen molar-refractivity contribution in [2.24, 2.45) is 0 Å². The predicted molar refractivity (Wildman–Crippen MR) is 96.1 cm³/mol. The first kappa shape index (κ1) is 20.8. The van der Waals surface area contributed by atoms with Gasteiger partial charge in [0.05, 0.1) is 24.8 Å². The zero-order valence-corrected chi connectivity index (χ0v) is 15.8. The molecule has 0 N–H and O–H groups in total. The van der Waals surface area contributed by atoms with Crippen LogP contribution in [-0.4, -0.2) is 19.9 Å². The molecule has 0 bridgehead atoms. The zero-order chi connectivity index (χ0) is 20.0. The molecule has 0 spiro atoms. The average Bonchev–Trinajstić information content (AvgIpc) is 2.63. The summed E-state index contributed by atoms with van der Waals surface area (Å²) in [6, 6.07) is 7.42.